The number of benzene rings is 3. The van der Waals surface area contributed by atoms with Crippen LogP contribution in [0, 0.1) is 0 Å². The van der Waals surface area contributed by atoms with E-state index in [2.05, 4.69) is 72.8 Å². The third-order valence-corrected chi connectivity index (χ3v) is 5.35. The fourth-order valence-electron chi connectivity index (χ4n) is 3.85. The van der Waals surface area contributed by atoms with Gasteiger partial charge in [0.2, 0.25) is 0 Å². The van der Waals surface area contributed by atoms with Gasteiger partial charge in [0.15, 0.2) is 5.96 Å². The SMILES string of the molecule is COCc1ccc(-c2cccc(C3(c4ccccc4)CN(C)C(N)=N3)c2)cc1. The summed E-state index contributed by atoms with van der Waals surface area (Å²) in [5, 5.41) is 0. The zero-order valence-corrected chi connectivity index (χ0v) is 16.3. The number of aliphatic imine (C=N–C) groups is 1. The molecule has 1 unspecified atom stereocenters. The first-order valence-electron chi connectivity index (χ1n) is 9.43. The second kappa shape index (κ2) is 7.49. The number of nitrogens with zero attached hydrogens (tertiary/aromatic N) is 2. The Hall–Kier alpha value is -3.11. The second-order valence-electron chi connectivity index (χ2n) is 7.26. The molecule has 142 valence electrons. The van der Waals surface area contributed by atoms with Crippen molar-refractivity contribution in [1.29, 1.82) is 0 Å². The van der Waals surface area contributed by atoms with E-state index in [1.54, 1.807) is 7.11 Å². The molecule has 4 heteroatoms. The van der Waals surface area contributed by atoms with Gasteiger partial charge in [-0.15, -0.1) is 0 Å². The minimum Gasteiger partial charge on any atom is -0.380 e. The molecule has 0 aromatic heterocycles. The Morgan fingerprint density at radius 3 is 2.29 bits per heavy atom. The van der Waals surface area contributed by atoms with Crippen LogP contribution in [-0.2, 0) is 16.9 Å². The van der Waals surface area contributed by atoms with Crippen molar-refractivity contribution in [3.8, 4) is 11.1 Å². The van der Waals surface area contributed by atoms with E-state index in [4.69, 9.17) is 15.5 Å². The highest BCUT2D eigenvalue weighted by Crippen LogP contribution is 2.39. The molecule has 1 aliphatic heterocycles. The molecule has 3 aromatic rings. The number of likely N-dealkylation sites (N-methyl/N-ethyl adjacent to an activating group) is 1. The Balaban J connectivity index is 1.78. The standard InChI is InChI=1S/C24H25N3O/c1-27-17-24(26-23(27)25,21-8-4-3-5-9-21)22-10-6-7-20(15-22)19-13-11-18(12-14-19)16-28-2/h3-15H,16-17H2,1-2H3,(H2,25,26). The van der Waals surface area contributed by atoms with Crippen LogP contribution in [0.4, 0.5) is 0 Å². The van der Waals surface area contributed by atoms with E-state index in [0.717, 1.165) is 23.2 Å². The van der Waals surface area contributed by atoms with Gasteiger partial charge in [-0.05, 0) is 33.9 Å². The van der Waals surface area contributed by atoms with Gasteiger partial charge in [-0.25, -0.2) is 4.99 Å². The highest BCUT2D eigenvalue weighted by atomic mass is 16.5. The van der Waals surface area contributed by atoms with Crippen molar-refractivity contribution < 1.29 is 4.74 Å². The van der Waals surface area contributed by atoms with Gasteiger partial charge in [0.05, 0.1) is 13.2 Å². The van der Waals surface area contributed by atoms with Crippen molar-refractivity contribution in [3.63, 3.8) is 0 Å². The van der Waals surface area contributed by atoms with E-state index in [0.29, 0.717) is 12.6 Å². The lowest BCUT2D eigenvalue weighted by Gasteiger charge is -2.28. The van der Waals surface area contributed by atoms with Crippen LogP contribution in [0.1, 0.15) is 16.7 Å². The minimum atomic E-state index is -0.494. The highest BCUT2D eigenvalue weighted by Gasteiger charge is 2.40. The fraction of sp³-hybridized carbons (Fsp3) is 0.208. The molecule has 0 saturated carbocycles. The Morgan fingerprint density at radius 1 is 0.929 bits per heavy atom. The van der Waals surface area contributed by atoms with Crippen molar-refractivity contribution in [3.05, 3.63) is 95.6 Å². The van der Waals surface area contributed by atoms with Crippen molar-refractivity contribution in [2.45, 2.75) is 12.1 Å². The number of ether oxygens (including phenoxy) is 1. The van der Waals surface area contributed by atoms with Crippen LogP contribution in [0.15, 0.2) is 83.9 Å². The van der Waals surface area contributed by atoms with E-state index in [1.165, 1.54) is 11.1 Å². The Labute approximate surface area is 166 Å². The third-order valence-electron chi connectivity index (χ3n) is 5.35. The summed E-state index contributed by atoms with van der Waals surface area (Å²) in [6.07, 6.45) is 0. The molecule has 0 radical (unpaired) electrons. The van der Waals surface area contributed by atoms with Gasteiger partial charge in [-0.3, -0.25) is 0 Å². The number of nitrogens with two attached hydrogens (primary N) is 1. The summed E-state index contributed by atoms with van der Waals surface area (Å²) in [5.74, 6) is 0.568. The maximum Gasteiger partial charge on any atom is 0.192 e. The maximum atomic E-state index is 6.19. The Morgan fingerprint density at radius 2 is 1.64 bits per heavy atom. The number of rotatable bonds is 5. The van der Waals surface area contributed by atoms with Gasteiger partial charge in [0.25, 0.3) is 0 Å². The second-order valence-corrected chi connectivity index (χ2v) is 7.26. The van der Waals surface area contributed by atoms with Gasteiger partial charge in [-0.1, -0.05) is 72.8 Å². The van der Waals surface area contributed by atoms with Crippen LogP contribution in [0.2, 0.25) is 0 Å². The molecular weight excluding hydrogens is 346 g/mol. The first-order valence-corrected chi connectivity index (χ1v) is 9.43. The molecule has 1 atom stereocenters. The summed E-state index contributed by atoms with van der Waals surface area (Å²) in [5.41, 5.74) is 11.5. The number of hydrogen-bond acceptors (Lipinski definition) is 4. The number of hydrogen-bond donors (Lipinski definition) is 1. The first kappa shape index (κ1) is 18.3. The van der Waals surface area contributed by atoms with Crippen molar-refractivity contribution in [2.75, 3.05) is 20.7 Å². The van der Waals surface area contributed by atoms with E-state index in [9.17, 15) is 0 Å². The quantitative estimate of drug-likeness (QED) is 0.737. The van der Waals surface area contributed by atoms with Gasteiger partial charge >= 0.3 is 0 Å². The molecule has 0 aliphatic carbocycles. The predicted molar refractivity (Wildman–Crippen MR) is 114 cm³/mol. The van der Waals surface area contributed by atoms with Gasteiger partial charge in [0.1, 0.15) is 5.54 Å². The van der Waals surface area contributed by atoms with Gasteiger partial charge in [0, 0.05) is 14.2 Å². The van der Waals surface area contributed by atoms with Gasteiger partial charge < -0.3 is 15.4 Å². The van der Waals surface area contributed by atoms with E-state index >= 15 is 0 Å². The predicted octanol–water partition coefficient (Wildman–Crippen LogP) is 4.00. The molecule has 1 heterocycles. The first-order chi connectivity index (χ1) is 13.6. The summed E-state index contributed by atoms with van der Waals surface area (Å²) < 4.78 is 5.21. The van der Waals surface area contributed by atoms with Crippen molar-refractivity contribution in [2.24, 2.45) is 10.7 Å². The molecule has 4 rings (SSSR count). The summed E-state index contributed by atoms with van der Waals surface area (Å²) >= 11 is 0. The van der Waals surface area contributed by atoms with Crippen LogP contribution in [-0.4, -0.2) is 31.6 Å². The zero-order chi connectivity index (χ0) is 19.6. The lowest BCUT2D eigenvalue weighted by Crippen LogP contribution is -2.34. The summed E-state index contributed by atoms with van der Waals surface area (Å²) in [4.78, 5) is 6.93. The van der Waals surface area contributed by atoms with E-state index in [1.807, 2.05) is 18.0 Å². The number of guanidine groups is 1. The van der Waals surface area contributed by atoms with E-state index in [-0.39, 0.29) is 0 Å². The number of methoxy groups -OCH3 is 1. The van der Waals surface area contributed by atoms with Crippen molar-refractivity contribution in [1.82, 2.24) is 4.90 Å². The van der Waals surface area contributed by atoms with E-state index < -0.39 is 5.54 Å². The minimum absolute atomic E-state index is 0.494. The summed E-state index contributed by atoms with van der Waals surface area (Å²) in [7, 11) is 3.70. The topological polar surface area (TPSA) is 50.9 Å². The summed E-state index contributed by atoms with van der Waals surface area (Å²) in [6, 6.07) is 27.5. The van der Waals surface area contributed by atoms with Crippen LogP contribution >= 0.6 is 0 Å². The van der Waals surface area contributed by atoms with Crippen LogP contribution in [0.5, 0.6) is 0 Å². The molecule has 1 aliphatic rings. The summed E-state index contributed by atoms with van der Waals surface area (Å²) in [6.45, 7) is 1.34. The van der Waals surface area contributed by atoms with Crippen LogP contribution in [0.25, 0.3) is 11.1 Å². The fourth-order valence-corrected chi connectivity index (χ4v) is 3.85. The molecule has 0 bridgehead atoms. The lowest BCUT2D eigenvalue weighted by molar-refractivity contribution is 0.185. The Bertz CT molecular complexity index is 982. The molecule has 0 spiro atoms. The molecule has 28 heavy (non-hydrogen) atoms. The maximum absolute atomic E-state index is 6.19. The molecule has 0 saturated heterocycles. The molecule has 2 N–H and O–H groups in total. The average molecular weight is 371 g/mol. The average Bonchev–Trinajstić information content (AvgIpc) is 3.05. The smallest absolute Gasteiger partial charge is 0.192 e. The zero-order valence-electron chi connectivity index (χ0n) is 16.3. The normalized spacial score (nSPS) is 18.9. The third kappa shape index (κ3) is 3.27. The molecule has 3 aromatic carbocycles. The molecular formula is C24H25N3O. The van der Waals surface area contributed by atoms with Crippen LogP contribution in [0.3, 0.4) is 0 Å². The highest BCUT2D eigenvalue weighted by molar-refractivity contribution is 5.81. The van der Waals surface area contributed by atoms with Gasteiger partial charge in [-0.2, -0.15) is 0 Å². The Kier molecular flexibility index (Phi) is 4.88. The lowest BCUT2D eigenvalue weighted by atomic mass is 9.82. The molecule has 0 amide bonds. The largest absolute Gasteiger partial charge is 0.380 e. The van der Waals surface area contributed by atoms with Crippen LogP contribution < -0.4 is 5.73 Å². The van der Waals surface area contributed by atoms with Crippen molar-refractivity contribution >= 4 is 5.96 Å². The molecule has 4 nitrogen and oxygen atoms in total. The monoisotopic (exact) mass is 371 g/mol. The molecule has 0 fully saturated rings.